The Morgan fingerprint density at radius 3 is 2.84 bits per heavy atom. The number of aromatic nitrogens is 2. The van der Waals surface area contributed by atoms with E-state index in [0.29, 0.717) is 6.54 Å². The third-order valence-corrected chi connectivity index (χ3v) is 2.66. The van der Waals surface area contributed by atoms with Crippen LogP contribution in [0, 0.1) is 0 Å². The zero-order valence-corrected chi connectivity index (χ0v) is 10.5. The molecule has 0 aliphatic rings. The summed E-state index contributed by atoms with van der Waals surface area (Å²) in [5, 5.41) is 8.57. The molecule has 2 rings (SSSR count). The van der Waals surface area contributed by atoms with Crippen LogP contribution in [-0.2, 0) is 16.1 Å². The lowest BCUT2D eigenvalue weighted by molar-refractivity contribution is -0.144. The Hall–Kier alpha value is -2.14. The monoisotopic (exact) mass is 260 g/mol. The maximum atomic E-state index is 11.4. The molecule has 0 fully saturated rings. The highest BCUT2D eigenvalue weighted by atomic mass is 16.5. The number of aliphatic hydroxyl groups excluding tert-OH is 1. The number of nitrogens with zero attached hydrogens (tertiary/aromatic N) is 2. The van der Waals surface area contributed by atoms with Crippen LogP contribution in [0.25, 0.3) is 11.4 Å². The molecule has 0 bridgehead atoms. The van der Waals surface area contributed by atoms with E-state index < -0.39 is 0 Å². The van der Waals surface area contributed by atoms with Crippen molar-refractivity contribution >= 4 is 5.97 Å². The Morgan fingerprint density at radius 1 is 1.32 bits per heavy atom. The van der Waals surface area contributed by atoms with Crippen molar-refractivity contribution in [3.05, 3.63) is 42.7 Å². The van der Waals surface area contributed by atoms with Crippen molar-refractivity contribution in [1.29, 1.82) is 0 Å². The van der Waals surface area contributed by atoms with Crippen molar-refractivity contribution < 1.29 is 14.6 Å². The molecule has 1 N–H and O–H groups in total. The Labute approximate surface area is 111 Å². The van der Waals surface area contributed by atoms with Gasteiger partial charge in [0.1, 0.15) is 12.4 Å². The predicted octanol–water partition coefficient (Wildman–Crippen LogP) is 1.48. The Morgan fingerprint density at radius 2 is 2.11 bits per heavy atom. The molecular weight excluding hydrogens is 244 g/mol. The first-order valence-corrected chi connectivity index (χ1v) is 6.14. The number of imidazole rings is 1. The molecule has 100 valence electrons. The van der Waals surface area contributed by atoms with E-state index in [1.54, 1.807) is 6.20 Å². The summed E-state index contributed by atoms with van der Waals surface area (Å²) in [6, 6.07) is 9.79. The van der Waals surface area contributed by atoms with Crippen LogP contribution in [0.4, 0.5) is 0 Å². The summed E-state index contributed by atoms with van der Waals surface area (Å²) in [7, 11) is 0. The van der Waals surface area contributed by atoms with Crippen molar-refractivity contribution in [1.82, 2.24) is 9.55 Å². The van der Waals surface area contributed by atoms with Gasteiger partial charge in [0.15, 0.2) is 0 Å². The van der Waals surface area contributed by atoms with E-state index in [1.165, 1.54) is 0 Å². The minimum atomic E-state index is -0.318. The fourth-order valence-corrected chi connectivity index (χ4v) is 1.78. The van der Waals surface area contributed by atoms with Crippen molar-refractivity contribution in [2.75, 3.05) is 13.2 Å². The normalized spacial score (nSPS) is 10.4. The van der Waals surface area contributed by atoms with Crippen LogP contribution in [0.2, 0.25) is 0 Å². The standard InChI is InChI=1S/C14H16N2O3/c17-10-11-19-13(18)6-8-16-9-7-15-14(16)12-4-2-1-3-5-12/h1-5,7,9,17H,6,8,10-11H2. The number of aliphatic hydroxyl groups is 1. The molecule has 0 amide bonds. The largest absolute Gasteiger partial charge is 0.463 e. The van der Waals surface area contributed by atoms with Gasteiger partial charge in [0, 0.05) is 24.5 Å². The molecule has 19 heavy (non-hydrogen) atoms. The highest BCUT2D eigenvalue weighted by molar-refractivity contribution is 5.69. The molecule has 1 aromatic carbocycles. The van der Waals surface area contributed by atoms with Gasteiger partial charge in [-0.3, -0.25) is 4.79 Å². The molecule has 1 aromatic heterocycles. The summed E-state index contributed by atoms with van der Waals surface area (Å²) >= 11 is 0. The minimum Gasteiger partial charge on any atom is -0.463 e. The first-order valence-electron chi connectivity index (χ1n) is 6.14. The van der Waals surface area contributed by atoms with E-state index in [9.17, 15) is 4.79 Å². The lowest BCUT2D eigenvalue weighted by Gasteiger charge is -2.07. The number of carbonyl (C=O) groups is 1. The van der Waals surface area contributed by atoms with Gasteiger partial charge in [0.05, 0.1) is 13.0 Å². The molecule has 0 saturated heterocycles. The molecule has 0 radical (unpaired) electrons. The second kappa shape index (κ2) is 6.70. The number of hydrogen-bond acceptors (Lipinski definition) is 4. The van der Waals surface area contributed by atoms with Crippen LogP contribution in [0.15, 0.2) is 42.7 Å². The topological polar surface area (TPSA) is 64.4 Å². The molecule has 1 heterocycles. The first kappa shape index (κ1) is 13.3. The summed E-state index contributed by atoms with van der Waals surface area (Å²) in [6.45, 7) is 0.412. The fourth-order valence-electron chi connectivity index (χ4n) is 1.78. The maximum Gasteiger partial charge on any atom is 0.307 e. The number of aryl methyl sites for hydroxylation is 1. The van der Waals surface area contributed by atoms with Crippen molar-refractivity contribution in [2.45, 2.75) is 13.0 Å². The summed E-state index contributed by atoms with van der Waals surface area (Å²) in [4.78, 5) is 15.7. The Kier molecular flexibility index (Phi) is 4.69. The highest BCUT2D eigenvalue weighted by Crippen LogP contribution is 2.16. The number of ether oxygens (including phenoxy) is 1. The van der Waals surface area contributed by atoms with Crippen LogP contribution in [0.1, 0.15) is 6.42 Å². The molecule has 0 atom stereocenters. The summed E-state index contributed by atoms with van der Waals surface area (Å²) < 4.78 is 6.72. The minimum absolute atomic E-state index is 0.0499. The quantitative estimate of drug-likeness (QED) is 0.799. The van der Waals surface area contributed by atoms with E-state index >= 15 is 0 Å². The third kappa shape index (κ3) is 3.66. The Balaban J connectivity index is 1.99. The smallest absolute Gasteiger partial charge is 0.307 e. The van der Waals surface area contributed by atoms with E-state index in [-0.39, 0.29) is 25.6 Å². The molecule has 0 aliphatic carbocycles. The lowest BCUT2D eigenvalue weighted by Crippen LogP contribution is -2.11. The summed E-state index contributed by atoms with van der Waals surface area (Å²) in [5.74, 6) is 0.511. The van der Waals surface area contributed by atoms with E-state index in [2.05, 4.69) is 4.98 Å². The molecular formula is C14H16N2O3. The van der Waals surface area contributed by atoms with Crippen LogP contribution in [0.3, 0.4) is 0 Å². The summed E-state index contributed by atoms with van der Waals surface area (Å²) in [5.41, 5.74) is 1.01. The van der Waals surface area contributed by atoms with Gasteiger partial charge in [-0.2, -0.15) is 0 Å². The Bertz CT molecular complexity index is 522. The highest BCUT2D eigenvalue weighted by Gasteiger charge is 2.08. The molecule has 0 aliphatic heterocycles. The second-order valence-electron chi connectivity index (χ2n) is 4.00. The second-order valence-corrected chi connectivity index (χ2v) is 4.00. The van der Waals surface area contributed by atoms with Crippen LogP contribution in [-0.4, -0.2) is 33.8 Å². The van der Waals surface area contributed by atoms with Gasteiger partial charge < -0.3 is 14.4 Å². The lowest BCUT2D eigenvalue weighted by atomic mass is 10.2. The van der Waals surface area contributed by atoms with Crippen molar-refractivity contribution in [2.24, 2.45) is 0 Å². The number of benzene rings is 1. The van der Waals surface area contributed by atoms with Crippen LogP contribution in [0.5, 0.6) is 0 Å². The maximum absolute atomic E-state index is 11.4. The van der Waals surface area contributed by atoms with Crippen molar-refractivity contribution in [3.63, 3.8) is 0 Å². The van der Waals surface area contributed by atoms with Gasteiger partial charge in [-0.25, -0.2) is 4.98 Å². The molecule has 0 spiro atoms. The van der Waals surface area contributed by atoms with Gasteiger partial charge in [-0.05, 0) is 0 Å². The fraction of sp³-hybridized carbons (Fsp3) is 0.286. The van der Waals surface area contributed by atoms with Gasteiger partial charge in [-0.1, -0.05) is 30.3 Å². The van der Waals surface area contributed by atoms with E-state index in [1.807, 2.05) is 41.1 Å². The average molecular weight is 260 g/mol. The van der Waals surface area contributed by atoms with E-state index in [4.69, 9.17) is 9.84 Å². The number of hydrogen-bond donors (Lipinski definition) is 1. The van der Waals surface area contributed by atoms with Gasteiger partial charge in [0.25, 0.3) is 0 Å². The average Bonchev–Trinajstić information content (AvgIpc) is 2.92. The SMILES string of the molecule is O=C(CCn1ccnc1-c1ccccc1)OCCO. The number of esters is 1. The van der Waals surface area contributed by atoms with Crippen LogP contribution >= 0.6 is 0 Å². The molecule has 5 heteroatoms. The zero-order chi connectivity index (χ0) is 13.5. The van der Waals surface area contributed by atoms with Crippen molar-refractivity contribution in [3.8, 4) is 11.4 Å². The molecule has 0 saturated carbocycles. The number of carbonyl (C=O) groups excluding carboxylic acids is 1. The summed E-state index contributed by atoms with van der Waals surface area (Å²) in [6.07, 6.45) is 3.80. The van der Waals surface area contributed by atoms with Gasteiger partial charge in [-0.15, -0.1) is 0 Å². The zero-order valence-electron chi connectivity index (χ0n) is 10.5. The molecule has 2 aromatic rings. The van der Waals surface area contributed by atoms with Gasteiger partial charge in [0.2, 0.25) is 0 Å². The first-order chi connectivity index (χ1) is 9.31. The predicted molar refractivity (Wildman–Crippen MR) is 70.3 cm³/mol. The molecule has 0 unspecified atom stereocenters. The number of rotatable bonds is 6. The third-order valence-electron chi connectivity index (χ3n) is 2.66. The van der Waals surface area contributed by atoms with Gasteiger partial charge >= 0.3 is 5.97 Å². The van der Waals surface area contributed by atoms with Crippen LogP contribution < -0.4 is 0 Å². The molecule has 5 nitrogen and oxygen atoms in total. The van der Waals surface area contributed by atoms with E-state index in [0.717, 1.165) is 11.4 Å².